The number of nitrogens with two attached hydrogens (primary N) is 9. The van der Waals surface area contributed by atoms with E-state index in [2.05, 4.69) is 105 Å². The Balaban J connectivity index is 1.89. The van der Waals surface area contributed by atoms with Crippen LogP contribution in [-0.4, -0.2) is 314 Å². The number of β-amino-alcohol motifs (C(OH)–C–C–N with tert-alkyl or cyclic N) is 1. The summed E-state index contributed by atoms with van der Waals surface area (Å²) in [4.78, 5) is 243. The number of guanidine groups is 1. The number of primary amides is 1. The molecule has 1 fully saturated rings. The average Bonchev–Trinajstić information content (AvgIpc) is 1.66. The Morgan fingerprint density at radius 1 is 0.481 bits per heavy atom. The van der Waals surface area contributed by atoms with Gasteiger partial charge in [0, 0.05) is 42.9 Å². The lowest BCUT2D eigenvalue weighted by Gasteiger charge is -2.32. The van der Waals surface area contributed by atoms with E-state index in [9.17, 15) is 112 Å². The lowest BCUT2D eigenvalue weighted by molar-refractivity contribution is -0.142. The fourth-order valence-electron chi connectivity index (χ4n) is 13.4. The predicted molar refractivity (Wildman–Crippen MR) is 484 cm³/mol. The van der Waals surface area contributed by atoms with Gasteiger partial charge in [-0.15, -0.1) is 0 Å². The number of thiol groups is 2. The molecule has 0 saturated carbocycles. The van der Waals surface area contributed by atoms with E-state index in [1.165, 1.54) is 62.4 Å². The number of nitrogens with zero attached hydrogens (tertiary/aromatic N) is 2. The van der Waals surface area contributed by atoms with Crippen LogP contribution in [-0.2, 0) is 94.3 Å². The number of carbonyl (C=O) groups excluding carboxylic acids is 16. The molecule has 2 aromatic rings. The van der Waals surface area contributed by atoms with Crippen LogP contribution in [0.3, 0.4) is 0 Å². The Bertz CT molecular complexity index is 4190. The second-order valence-electron chi connectivity index (χ2n) is 32.7. The molecule has 0 bridgehead atoms. The first-order valence-electron chi connectivity index (χ1n) is 42.9. The maximum atomic E-state index is 14.5. The number of carboxylic acid groups (broad SMARTS) is 1. The van der Waals surface area contributed by atoms with E-state index in [1.807, 2.05) is 0 Å². The van der Waals surface area contributed by atoms with E-state index in [0.29, 0.717) is 24.0 Å². The molecule has 0 aliphatic carbocycles. The van der Waals surface area contributed by atoms with Gasteiger partial charge >= 0.3 is 5.97 Å². The SMILES string of the molecule is CC[C@H](C)[C@H](NC(=O)[C@@H]1C[C@@H](O)CN1C(=O)[C@@H](N)C(C)C)C(=O)N[C@@H](CS)C(=O)N[C@@H](Cc1ccc(O)cc1)C(=O)N[C@@H](CO)C(=O)N[C@@H](CC(N)=O)C(=O)N[C@@H](CCCN=C(N)N)C(=O)N[C@@H](CCN)C(=O)N[C@H](C(=O)N[C@H](CCN)C(=O)N[C@@H](CCCCN)C(=O)N[C@@H](CCN)C(=O)N[C@@H](CCN)C(=O)N[C@H](C(=O)N[C@@H](Cc1ccc(O)cc1)C(=O)O)C(C)(C)S)[C@@H](C)O. The zero-order valence-corrected chi connectivity index (χ0v) is 76.3. The van der Waals surface area contributed by atoms with Crippen molar-refractivity contribution in [3.05, 3.63) is 59.7 Å². The topological polar surface area (TPSA) is 830 Å². The van der Waals surface area contributed by atoms with Gasteiger partial charge in [0.2, 0.25) is 94.5 Å². The van der Waals surface area contributed by atoms with Gasteiger partial charge in [-0.2, -0.15) is 25.3 Å². The number of likely N-dealkylation sites (tertiary alicyclic amines) is 1. The number of benzene rings is 2. The van der Waals surface area contributed by atoms with Crippen LogP contribution in [0.5, 0.6) is 11.5 Å². The summed E-state index contributed by atoms with van der Waals surface area (Å²) in [7, 11) is 0. The van der Waals surface area contributed by atoms with E-state index in [1.54, 1.807) is 27.7 Å². The van der Waals surface area contributed by atoms with Gasteiger partial charge in [-0.3, -0.25) is 81.7 Å². The van der Waals surface area contributed by atoms with Crippen molar-refractivity contribution in [3.63, 3.8) is 0 Å². The maximum absolute atomic E-state index is 14.5. The summed E-state index contributed by atoms with van der Waals surface area (Å²) in [6, 6.07) is -14.8. The molecule has 0 aromatic heterocycles. The number of carbonyl (C=O) groups is 17. The summed E-state index contributed by atoms with van der Waals surface area (Å²) in [5, 5.41) is 96.3. The lowest BCUT2D eigenvalue weighted by atomic mass is 9.97. The molecule has 1 heterocycles. The highest BCUT2D eigenvalue weighted by Crippen LogP contribution is 2.24. The van der Waals surface area contributed by atoms with Crippen LogP contribution in [0.1, 0.15) is 137 Å². The number of unbranched alkanes of at least 4 members (excludes halogenated alkanes) is 1. The van der Waals surface area contributed by atoms with Gasteiger partial charge in [-0.1, -0.05) is 58.4 Å². The van der Waals surface area contributed by atoms with Crippen LogP contribution < -0.4 is 126 Å². The lowest BCUT2D eigenvalue weighted by Crippen LogP contribution is -2.63. The Hall–Kier alpha value is -11.4. The third-order valence-electron chi connectivity index (χ3n) is 21.2. The standard InChI is InChI=1S/C81H135N25O23S2/c1-8-40(4)61(103-74(123)58-34-46(111)36-106(58)78(127)60(88)39(2)3)75(124)102-57(38-130)73(122)98-53(32-42-14-18-44(109)19-15-42)70(119)101-56(37-107)72(121)99-54(35-59(87)112)71(120)93-48(13-11-31-91-80(89)90)65(114)95-51(24-29-85)68(117)104-62(41(5)108)76(125)97-50(23-28-84)67(116)92-47(12-9-10-26-82)64(113)94-49(22-27-83)66(115)96-52(25-30-86)69(118)105-63(81(6,7)131)77(126)100-55(79(128)129)33-43-16-20-45(110)21-17-43/h14-21,39-41,46-58,60-63,107-111,130-131H,8-13,22-38,82-86,88H2,1-7H3,(H2,87,112)(H,92,116)(H,93,120)(H,94,113)(H,95,114)(H,96,115)(H,97,125)(H,98,122)(H,99,121)(H,100,126)(H,101,119)(H,102,124)(H,103,123)(H,104,117)(H,105,118)(H,128,129)(H4,89,90,91)/t40-,41+,46+,47-,48-,49-,50+,51-,52-,53-,54-,55-,56-,57-,58-,60-,61-,62-,63+/m0/s1. The molecule has 3 rings (SSSR count). The smallest absolute Gasteiger partial charge is 0.326 e. The highest BCUT2D eigenvalue weighted by molar-refractivity contribution is 7.81. The van der Waals surface area contributed by atoms with E-state index in [4.69, 9.17) is 51.6 Å². The minimum Gasteiger partial charge on any atom is -0.508 e. The number of hydrogen-bond acceptors (Lipinski definition) is 31. The number of aliphatic hydroxyl groups is 3. The summed E-state index contributed by atoms with van der Waals surface area (Å²) < 4.78 is -1.38. The second kappa shape index (κ2) is 57.1. The third-order valence-corrected chi connectivity index (χ3v) is 21.8. The Morgan fingerprint density at radius 2 is 0.855 bits per heavy atom. The number of aliphatic hydroxyl groups excluding tert-OH is 3. The Morgan fingerprint density at radius 3 is 1.27 bits per heavy atom. The highest BCUT2D eigenvalue weighted by Gasteiger charge is 2.45. The van der Waals surface area contributed by atoms with Gasteiger partial charge in [0.15, 0.2) is 5.96 Å². The minimum absolute atomic E-state index is 0.0861. The van der Waals surface area contributed by atoms with E-state index in [-0.39, 0.29) is 127 Å². The third kappa shape index (κ3) is 38.5. The summed E-state index contributed by atoms with van der Waals surface area (Å²) in [6.07, 6.45) is -5.82. The van der Waals surface area contributed by atoms with Gasteiger partial charge in [0.25, 0.3) is 0 Å². The summed E-state index contributed by atoms with van der Waals surface area (Å²) in [5.41, 5.74) is 52.9. The molecule has 0 spiro atoms. The molecule has 131 heavy (non-hydrogen) atoms. The Labute approximate surface area is 769 Å². The van der Waals surface area contributed by atoms with Crippen LogP contribution in [0.4, 0.5) is 0 Å². The van der Waals surface area contributed by atoms with Crippen LogP contribution in [0.15, 0.2) is 53.5 Å². The van der Waals surface area contributed by atoms with Crippen molar-refractivity contribution in [2.45, 2.75) is 252 Å². The number of carboxylic acids is 1. The largest absolute Gasteiger partial charge is 0.508 e. The molecule has 38 N–H and O–H groups in total. The van der Waals surface area contributed by atoms with Crippen molar-refractivity contribution in [1.29, 1.82) is 0 Å². The van der Waals surface area contributed by atoms with E-state index in [0.717, 1.165) is 11.8 Å². The number of rotatable bonds is 59. The van der Waals surface area contributed by atoms with Crippen LogP contribution in [0.2, 0.25) is 0 Å². The van der Waals surface area contributed by atoms with Crippen LogP contribution >= 0.6 is 25.3 Å². The fraction of sp³-hybridized carbons (Fsp3) is 0.630. The first kappa shape index (κ1) is 114. The summed E-state index contributed by atoms with van der Waals surface area (Å²) in [6.45, 7) is 8.13. The molecule has 0 unspecified atom stereocenters. The fourth-order valence-corrected chi connectivity index (χ4v) is 13.8. The van der Waals surface area contributed by atoms with Gasteiger partial charge in [-0.25, -0.2) is 4.79 Å². The quantitative estimate of drug-likeness (QED) is 0.0127. The number of amides is 16. The molecule has 48 nitrogen and oxygen atoms in total. The second-order valence-corrected chi connectivity index (χ2v) is 34.2. The first-order valence-corrected chi connectivity index (χ1v) is 44.0. The molecule has 1 saturated heterocycles. The molecule has 2 aromatic carbocycles. The van der Waals surface area contributed by atoms with Gasteiger partial charge < -0.3 is 162 Å². The molecular weight excluding hydrogens is 1760 g/mol. The van der Waals surface area contributed by atoms with Crippen molar-refractivity contribution < 1.29 is 112 Å². The number of aliphatic imine (C=N–C) groups is 1. The molecule has 19 atom stereocenters. The normalized spacial score (nSPS) is 17.0. The maximum Gasteiger partial charge on any atom is 0.326 e. The molecule has 50 heteroatoms. The van der Waals surface area contributed by atoms with Crippen molar-refractivity contribution in [2.75, 3.05) is 58.2 Å². The van der Waals surface area contributed by atoms with Gasteiger partial charge in [0.05, 0.1) is 31.3 Å². The Kier molecular flexibility index (Phi) is 49.6. The van der Waals surface area contributed by atoms with Crippen molar-refractivity contribution in [1.82, 2.24) is 79.3 Å². The van der Waals surface area contributed by atoms with E-state index >= 15 is 0 Å². The minimum atomic E-state index is -2.04. The van der Waals surface area contributed by atoms with Crippen molar-refractivity contribution in [2.24, 2.45) is 68.4 Å². The average molecular weight is 1890 g/mol. The molecule has 1 aliphatic rings. The molecule has 734 valence electrons. The highest BCUT2D eigenvalue weighted by atomic mass is 32.1. The number of aromatic hydroxyl groups is 2. The number of hydrogen-bond donors (Lipinski definition) is 31. The van der Waals surface area contributed by atoms with Crippen LogP contribution in [0, 0.1) is 11.8 Å². The summed E-state index contributed by atoms with van der Waals surface area (Å²) in [5.74, 6) is -20.4. The zero-order valence-electron chi connectivity index (χ0n) is 74.5. The van der Waals surface area contributed by atoms with E-state index < -0.39 is 252 Å². The van der Waals surface area contributed by atoms with Gasteiger partial charge in [0.1, 0.15) is 102 Å². The van der Waals surface area contributed by atoms with Crippen LogP contribution in [0.25, 0.3) is 0 Å². The molecule has 0 radical (unpaired) electrons. The first-order chi connectivity index (χ1) is 61.6. The molecule has 16 amide bonds. The number of aliphatic carboxylic acids is 1. The summed E-state index contributed by atoms with van der Waals surface area (Å²) >= 11 is 8.78. The van der Waals surface area contributed by atoms with Crippen molar-refractivity contribution >= 4 is 132 Å². The number of phenols is 2. The molecule has 1 aliphatic heterocycles. The monoisotopic (exact) mass is 1890 g/mol. The zero-order chi connectivity index (χ0) is 98.9. The van der Waals surface area contributed by atoms with Crippen molar-refractivity contribution in [3.8, 4) is 11.5 Å². The number of nitrogens with one attached hydrogen (secondary N) is 14. The van der Waals surface area contributed by atoms with Gasteiger partial charge in [-0.05, 0) is 159 Å². The predicted octanol–water partition coefficient (Wildman–Crippen LogP) is -10.8. The molecular formula is C81H135N25O23S2. The number of phenolic OH excluding ortho intramolecular Hbond substituents is 2.